The van der Waals surface area contributed by atoms with Crippen LogP contribution in [0.5, 0.6) is 0 Å². The summed E-state index contributed by atoms with van der Waals surface area (Å²) in [6.07, 6.45) is 0. The lowest BCUT2D eigenvalue weighted by atomic mass is 10.1. The molecule has 0 aliphatic rings. The first-order valence-electron chi connectivity index (χ1n) is 5.17. The van der Waals surface area contributed by atoms with E-state index >= 15 is 0 Å². The number of thiol groups is 1. The van der Waals surface area contributed by atoms with Crippen LogP contribution in [0.15, 0.2) is 18.2 Å². The first-order chi connectivity index (χ1) is 7.41. The third-order valence-corrected chi connectivity index (χ3v) is 3.17. The summed E-state index contributed by atoms with van der Waals surface area (Å²) in [4.78, 5) is 11.6. The highest BCUT2D eigenvalue weighted by Gasteiger charge is 2.17. The molecule has 0 fully saturated rings. The normalized spacial score (nSPS) is 12.6. The maximum atomic E-state index is 13.2. The Bertz CT molecular complexity index is 393. The summed E-state index contributed by atoms with van der Waals surface area (Å²) in [6, 6.07) is 4.62. The average Bonchev–Trinajstić information content (AvgIpc) is 2.22. The maximum absolute atomic E-state index is 13.2. The molecule has 16 heavy (non-hydrogen) atoms. The number of benzene rings is 1. The van der Waals surface area contributed by atoms with E-state index in [1.165, 1.54) is 6.07 Å². The number of anilines is 1. The summed E-state index contributed by atoms with van der Waals surface area (Å²) in [5, 5.41) is 2.25. The van der Waals surface area contributed by atoms with E-state index in [0.29, 0.717) is 11.3 Å². The first-order valence-corrected chi connectivity index (χ1v) is 5.68. The van der Waals surface area contributed by atoms with Crippen LogP contribution >= 0.6 is 12.6 Å². The molecule has 0 aromatic heterocycles. The van der Waals surface area contributed by atoms with Gasteiger partial charge >= 0.3 is 0 Å². The second-order valence-electron chi connectivity index (χ2n) is 4.14. The fraction of sp³-hybridized carbons (Fsp3) is 0.417. The minimum atomic E-state index is -0.385. The Morgan fingerprint density at radius 3 is 2.56 bits per heavy atom. The Morgan fingerprint density at radius 1 is 1.44 bits per heavy atom. The Balaban J connectivity index is 2.74. The fourth-order valence-electron chi connectivity index (χ4n) is 1.19. The van der Waals surface area contributed by atoms with Crippen LogP contribution in [0.4, 0.5) is 10.1 Å². The Morgan fingerprint density at radius 2 is 2.06 bits per heavy atom. The van der Waals surface area contributed by atoms with Gasteiger partial charge < -0.3 is 5.32 Å². The second kappa shape index (κ2) is 5.34. The summed E-state index contributed by atoms with van der Waals surface area (Å²) < 4.78 is 13.2. The third-order valence-electron chi connectivity index (χ3n) is 2.34. The molecule has 0 bridgehead atoms. The molecule has 0 heterocycles. The molecule has 88 valence electrons. The van der Waals surface area contributed by atoms with Gasteiger partial charge in [-0.05, 0) is 30.5 Å². The van der Waals surface area contributed by atoms with Crippen molar-refractivity contribution in [3.63, 3.8) is 0 Å². The standard InChI is InChI=1S/C12H16FNOS/c1-7(2)11(16)12(15)14-9-5-4-8(3)10(13)6-9/h4-7,11,16H,1-3H3,(H,14,15). The lowest BCUT2D eigenvalue weighted by Gasteiger charge is -2.14. The van der Waals surface area contributed by atoms with Crippen LogP contribution in [0.3, 0.4) is 0 Å². The van der Waals surface area contributed by atoms with Crippen molar-refractivity contribution >= 4 is 24.2 Å². The summed E-state index contributed by atoms with van der Waals surface area (Å²) >= 11 is 4.19. The van der Waals surface area contributed by atoms with E-state index in [1.807, 2.05) is 13.8 Å². The van der Waals surface area contributed by atoms with Crippen LogP contribution in [0.1, 0.15) is 19.4 Å². The SMILES string of the molecule is Cc1ccc(NC(=O)C(S)C(C)C)cc1F. The van der Waals surface area contributed by atoms with Crippen molar-refractivity contribution in [1.29, 1.82) is 0 Å². The lowest BCUT2D eigenvalue weighted by Crippen LogP contribution is -2.27. The van der Waals surface area contributed by atoms with Crippen molar-refractivity contribution in [2.45, 2.75) is 26.0 Å². The van der Waals surface area contributed by atoms with Crippen LogP contribution in [-0.2, 0) is 4.79 Å². The van der Waals surface area contributed by atoms with E-state index in [-0.39, 0.29) is 22.9 Å². The summed E-state index contributed by atoms with van der Waals surface area (Å²) in [6.45, 7) is 5.50. The third kappa shape index (κ3) is 3.23. The van der Waals surface area contributed by atoms with Gasteiger partial charge in [0.2, 0.25) is 5.91 Å². The van der Waals surface area contributed by atoms with E-state index in [1.54, 1.807) is 19.1 Å². The number of hydrogen-bond acceptors (Lipinski definition) is 2. The second-order valence-corrected chi connectivity index (χ2v) is 4.70. The van der Waals surface area contributed by atoms with E-state index < -0.39 is 0 Å². The topological polar surface area (TPSA) is 29.1 Å². The van der Waals surface area contributed by atoms with Crippen molar-refractivity contribution in [2.24, 2.45) is 5.92 Å². The maximum Gasteiger partial charge on any atom is 0.237 e. The predicted octanol–water partition coefficient (Wildman–Crippen LogP) is 3.03. The van der Waals surface area contributed by atoms with Gasteiger partial charge in [0, 0.05) is 5.69 Å². The molecule has 1 aromatic rings. The summed E-state index contributed by atoms with van der Waals surface area (Å²) in [5.74, 6) is -0.390. The van der Waals surface area contributed by atoms with Gasteiger partial charge in [-0.15, -0.1) is 0 Å². The van der Waals surface area contributed by atoms with Gasteiger partial charge in [0.05, 0.1) is 5.25 Å². The number of hydrogen-bond donors (Lipinski definition) is 2. The fourth-order valence-corrected chi connectivity index (χ4v) is 1.25. The molecule has 1 atom stereocenters. The number of carbonyl (C=O) groups excluding carboxylic acids is 1. The van der Waals surface area contributed by atoms with Gasteiger partial charge in [0.25, 0.3) is 0 Å². The predicted molar refractivity (Wildman–Crippen MR) is 67.4 cm³/mol. The van der Waals surface area contributed by atoms with Gasteiger partial charge in [0.15, 0.2) is 0 Å². The van der Waals surface area contributed by atoms with Crippen LogP contribution in [0.25, 0.3) is 0 Å². The van der Waals surface area contributed by atoms with Crippen molar-refractivity contribution in [2.75, 3.05) is 5.32 Å². The molecule has 0 saturated carbocycles. The number of aryl methyl sites for hydroxylation is 1. The van der Waals surface area contributed by atoms with Gasteiger partial charge in [-0.1, -0.05) is 19.9 Å². The van der Waals surface area contributed by atoms with Gasteiger partial charge in [0.1, 0.15) is 5.82 Å². The zero-order valence-corrected chi connectivity index (χ0v) is 10.5. The van der Waals surface area contributed by atoms with Crippen LogP contribution in [0, 0.1) is 18.7 Å². The number of amides is 1. The molecule has 4 heteroatoms. The van der Waals surface area contributed by atoms with Crippen molar-refractivity contribution in [1.82, 2.24) is 0 Å². The van der Waals surface area contributed by atoms with E-state index in [2.05, 4.69) is 17.9 Å². The van der Waals surface area contributed by atoms with E-state index in [0.717, 1.165) is 0 Å². The van der Waals surface area contributed by atoms with Gasteiger partial charge in [-0.3, -0.25) is 4.79 Å². The molecule has 0 aliphatic heterocycles. The molecule has 0 saturated heterocycles. The molecule has 2 nitrogen and oxygen atoms in total. The molecule has 1 unspecified atom stereocenters. The van der Waals surface area contributed by atoms with Crippen molar-refractivity contribution in [3.05, 3.63) is 29.6 Å². The lowest BCUT2D eigenvalue weighted by molar-refractivity contribution is -0.116. The van der Waals surface area contributed by atoms with Crippen LogP contribution in [-0.4, -0.2) is 11.2 Å². The van der Waals surface area contributed by atoms with Crippen molar-refractivity contribution < 1.29 is 9.18 Å². The zero-order valence-electron chi connectivity index (χ0n) is 9.62. The number of rotatable bonds is 3. The molecule has 0 radical (unpaired) electrons. The average molecular weight is 241 g/mol. The Labute approximate surface area is 101 Å². The number of carbonyl (C=O) groups is 1. The van der Waals surface area contributed by atoms with Gasteiger partial charge in [-0.2, -0.15) is 12.6 Å². The smallest absolute Gasteiger partial charge is 0.237 e. The highest BCUT2D eigenvalue weighted by atomic mass is 32.1. The Kier molecular flexibility index (Phi) is 4.35. The zero-order chi connectivity index (χ0) is 12.3. The molecule has 0 spiro atoms. The molecule has 1 aromatic carbocycles. The quantitative estimate of drug-likeness (QED) is 0.783. The monoisotopic (exact) mass is 241 g/mol. The highest BCUT2D eigenvalue weighted by molar-refractivity contribution is 7.81. The molecular formula is C12H16FNOS. The molecular weight excluding hydrogens is 225 g/mol. The van der Waals surface area contributed by atoms with Crippen LogP contribution < -0.4 is 5.32 Å². The molecule has 1 N–H and O–H groups in total. The summed E-state index contributed by atoms with van der Waals surface area (Å²) in [5.41, 5.74) is 1.03. The highest BCUT2D eigenvalue weighted by Crippen LogP contribution is 2.16. The minimum Gasteiger partial charge on any atom is -0.325 e. The minimum absolute atomic E-state index is 0.138. The van der Waals surface area contributed by atoms with E-state index in [4.69, 9.17) is 0 Å². The number of nitrogens with one attached hydrogen (secondary N) is 1. The largest absolute Gasteiger partial charge is 0.325 e. The first kappa shape index (κ1) is 13.0. The Hall–Kier alpha value is -1.03. The van der Waals surface area contributed by atoms with Crippen molar-refractivity contribution in [3.8, 4) is 0 Å². The molecule has 0 aliphatic carbocycles. The molecule has 1 amide bonds. The summed E-state index contributed by atoms with van der Waals surface area (Å²) in [7, 11) is 0. The van der Waals surface area contributed by atoms with Crippen LogP contribution in [0.2, 0.25) is 0 Å². The van der Waals surface area contributed by atoms with E-state index in [9.17, 15) is 9.18 Å². The van der Waals surface area contributed by atoms with Gasteiger partial charge in [-0.25, -0.2) is 4.39 Å². The number of halogens is 1. The molecule has 1 rings (SSSR count).